The molecule has 1 amide bonds. The molecule has 2 fully saturated rings. The van der Waals surface area contributed by atoms with Crippen LogP contribution in [0.15, 0.2) is 18.3 Å². The summed E-state index contributed by atoms with van der Waals surface area (Å²) in [5.41, 5.74) is 0.649. The number of hydrogen-bond donors (Lipinski definition) is 1. The molecule has 1 heterocycles. The van der Waals surface area contributed by atoms with Gasteiger partial charge in [-0.25, -0.2) is 4.98 Å². The van der Waals surface area contributed by atoms with Gasteiger partial charge < -0.3 is 10.2 Å². The molecule has 4 heteroatoms. The Morgan fingerprint density at radius 3 is 2.67 bits per heavy atom. The Balaban J connectivity index is 1.60. The average molecular weight is 287 g/mol. The van der Waals surface area contributed by atoms with E-state index in [1.54, 1.807) is 6.20 Å². The zero-order valence-corrected chi connectivity index (χ0v) is 13.2. The summed E-state index contributed by atoms with van der Waals surface area (Å²) in [4.78, 5) is 18.6. The van der Waals surface area contributed by atoms with E-state index in [4.69, 9.17) is 0 Å². The van der Waals surface area contributed by atoms with Crippen molar-refractivity contribution in [1.82, 2.24) is 10.3 Å². The number of carbonyl (C=O) groups excluding carboxylic acids is 1. The second-order valence-electron chi connectivity index (χ2n) is 6.90. The fraction of sp³-hybridized carbons (Fsp3) is 0.647. The van der Waals surface area contributed by atoms with Crippen LogP contribution in [0.25, 0.3) is 0 Å². The molecule has 0 unspecified atom stereocenters. The number of nitrogens with zero attached hydrogens (tertiary/aromatic N) is 2. The summed E-state index contributed by atoms with van der Waals surface area (Å²) in [5, 5.41) is 3.18. The molecule has 4 nitrogen and oxygen atoms in total. The Morgan fingerprint density at radius 1 is 1.33 bits per heavy atom. The maximum absolute atomic E-state index is 12.3. The smallest absolute Gasteiger partial charge is 0.253 e. The lowest BCUT2D eigenvalue weighted by Crippen LogP contribution is -2.40. The molecule has 1 aromatic heterocycles. The van der Waals surface area contributed by atoms with Crippen LogP contribution >= 0.6 is 0 Å². The Hall–Kier alpha value is -1.58. The third-order valence-electron chi connectivity index (χ3n) is 5.26. The van der Waals surface area contributed by atoms with Gasteiger partial charge in [0.05, 0.1) is 5.56 Å². The van der Waals surface area contributed by atoms with E-state index in [2.05, 4.69) is 17.2 Å². The third-order valence-corrected chi connectivity index (χ3v) is 5.26. The predicted molar refractivity (Wildman–Crippen MR) is 84.4 cm³/mol. The van der Waals surface area contributed by atoms with Crippen molar-refractivity contribution in [2.24, 2.45) is 17.8 Å². The van der Waals surface area contributed by atoms with E-state index in [9.17, 15) is 4.79 Å². The molecule has 2 saturated carbocycles. The zero-order chi connectivity index (χ0) is 15.0. The summed E-state index contributed by atoms with van der Waals surface area (Å²) in [7, 11) is 3.89. The van der Waals surface area contributed by atoms with Crippen molar-refractivity contribution in [2.45, 2.75) is 38.6 Å². The van der Waals surface area contributed by atoms with Crippen LogP contribution in [0.5, 0.6) is 0 Å². The molecule has 1 aromatic rings. The molecule has 3 rings (SSSR count). The minimum Gasteiger partial charge on any atom is -0.363 e. The molecular weight excluding hydrogens is 262 g/mol. The molecule has 0 spiro atoms. The highest BCUT2D eigenvalue weighted by molar-refractivity contribution is 5.94. The normalized spacial score (nSPS) is 28.4. The Kier molecular flexibility index (Phi) is 3.87. The fourth-order valence-corrected chi connectivity index (χ4v) is 4.09. The van der Waals surface area contributed by atoms with Crippen LogP contribution < -0.4 is 10.2 Å². The van der Waals surface area contributed by atoms with Crippen LogP contribution in [-0.2, 0) is 0 Å². The van der Waals surface area contributed by atoms with Crippen molar-refractivity contribution in [3.05, 3.63) is 23.9 Å². The summed E-state index contributed by atoms with van der Waals surface area (Å²) >= 11 is 0. The molecule has 2 bridgehead atoms. The number of aromatic nitrogens is 1. The third kappa shape index (κ3) is 2.89. The molecule has 0 saturated heterocycles. The van der Waals surface area contributed by atoms with Gasteiger partial charge in [-0.15, -0.1) is 0 Å². The highest BCUT2D eigenvalue weighted by Crippen LogP contribution is 2.49. The van der Waals surface area contributed by atoms with Crippen LogP contribution in [0.1, 0.15) is 43.0 Å². The summed E-state index contributed by atoms with van der Waals surface area (Å²) in [5.74, 6) is 3.29. The topological polar surface area (TPSA) is 45.2 Å². The van der Waals surface area contributed by atoms with Crippen LogP contribution in [0.3, 0.4) is 0 Å². The van der Waals surface area contributed by atoms with E-state index >= 15 is 0 Å². The zero-order valence-electron chi connectivity index (χ0n) is 13.2. The monoisotopic (exact) mass is 287 g/mol. The van der Waals surface area contributed by atoms with E-state index in [-0.39, 0.29) is 11.9 Å². The summed E-state index contributed by atoms with van der Waals surface area (Å²) < 4.78 is 0. The molecule has 0 aromatic carbocycles. The van der Waals surface area contributed by atoms with Crippen molar-refractivity contribution >= 4 is 11.7 Å². The first-order valence-corrected chi connectivity index (χ1v) is 7.99. The summed E-state index contributed by atoms with van der Waals surface area (Å²) in [6, 6.07) is 4.00. The molecule has 2 aliphatic carbocycles. The summed E-state index contributed by atoms with van der Waals surface area (Å²) in [6.07, 6.45) is 7.10. The molecule has 0 aliphatic heterocycles. The van der Waals surface area contributed by atoms with Gasteiger partial charge in [-0.1, -0.05) is 6.42 Å². The second-order valence-corrected chi connectivity index (χ2v) is 6.90. The van der Waals surface area contributed by atoms with Crippen molar-refractivity contribution in [1.29, 1.82) is 0 Å². The number of anilines is 1. The number of rotatable bonds is 4. The Labute approximate surface area is 126 Å². The van der Waals surface area contributed by atoms with Gasteiger partial charge in [0.2, 0.25) is 0 Å². The Bertz CT molecular complexity index is 511. The highest BCUT2D eigenvalue weighted by atomic mass is 16.1. The van der Waals surface area contributed by atoms with E-state index in [1.165, 1.54) is 25.7 Å². The largest absolute Gasteiger partial charge is 0.363 e. The highest BCUT2D eigenvalue weighted by Gasteiger charge is 2.42. The average Bonchev–Trinajstić information content (AvgIpc) is 3.10. The number of hydrogen-bond acceptors (Lipinski definition) is 3. The van der Waals surface area contributed by atoms with Crippen molar-refractivity contribution in [3.63, 3.8) is 0 Å². The van der Waals surface area contributed by atoms with Crippen molar-refractivity contribution in [3.8, 4) is 0 Å². The number of fused-ring (bicyclic) bond motifs is 2. The maximum Gasteiger partial charge on any atom is 0.253 e. The lowest BCUT2D eigenvalue weighted by Gasteiger charge is -2.28. The standard InChI is InChI=1S/C17H25N3O/c1-11(15-9-12-4-5-13(15)8-12)19-17(21)14-6-7-16(18-10-14)20(2)3/h6-7,10-13,15H,4-5,8-9H2,1-3H3,(H,19,21)/t11-,12-,13-,15+/m0/s1. The van der Waals surface area contributed by atoms with Gasteiger partial charge in [-0.2, -0.15) is 0 Å². The quantitative estimate of drug-likeness (QED) is 0.926. The van der Waals surface area contributed by atoms with E-state index in [1.807, 2.05) is 31.1 Å². The molecule has 4 atom stereocenters. The number of carbonyl (C=O) groups is 1. The Morgan fingerprint density at radius 2 is 2.14 bits per heavy atom. The first kappa shape index (κ1) is 14.4. The number of pyridine rings is 1. The van der Waals surface area contributed by atoms with Gasteiger partial charge in [-0.3, -0.25) is 4.79 Å². The number of amides is 1. The van der Waals surface area contributed by atoms with Gasteiger partial charge in [-0.05, 0) is 56.1 Å². The van der Waals surface area contributed by atoms with Crippen molar-refractivity contribution in [2.75, 3.05) is 19.0 Å². The minimum atomic E-state index is 0.00285. The van der Waals surface area contributed by atoms with Gasteiger partial charge in [0.15, 0.2) is 0 Å². The predicted octanol–water partition coefficient (Wildman–Crippen LogP) is 2.70. The first-order chi connectivity index (χ1) is 10.0. The molecular formula is C17H25N3O. The van der Waals surface area contributed by atoms with E-state index in [0.717, 1.165) is 17.7 Å². The van der Waals surface area contributed by atoms with E-state index in [0.29, 0.717) is 11.5 Å². The summed E-state index contributed by atoms with van der Waals surface area (Å²) in [6.45, 7) is 2.16. The van der Waals surface area contributed by atoms with E-state index < -0.39 is 0 Å². The fourth-order valence-electron chi connectivity index (χ4n) is 4.09. The van der Waals surface area contributed by atoms with Gasteiger partial charge in [0.1, 0.15) is 5.82 Å². The lowest BCUT2D eigenvalue weighted by atomic mass is 9.84. The molecule has 2 aliphatic rings. The SMILES string of the molecule is C[C@H](NC(=O)c1ccc(N(C)C)nc1)[C@H]1C[C@H]2CC[C@H]1C2. The second kappa shape index (κ2) is 5.66. The molecule has 1 N–H and O–H groups in total. The van der Waals surface area contributed by atoms with Crippen LogP contribution in [-0.4, -0.2) is 31.0 Å². The van der Waals surface area contributed by atoms with Gasteiger partial charge in [0, 0.05) is 26.3 Å². The molecule has 0 radical (unpaired) electrons. The van der Waals surface area contributed by atoms with Crippen LogP contribution in [0, 0.1) is 17.8 Å². The number of nitrogens with one attached hydrogen (secondary N) is 1. The van der Waals surface area contributed by atoms with Crippen LogP contribution in [0.2, 0.25) is 0 Å². The van der Waals surface area contributed by atoms with Crippen LogP contribution in [0.4, 0.5) is 5.82 Å². The molecule has 114 valence electrons. The van der Waals surface area contributed by atoms with Gasteiger partial charge in [0.25, 0.3) is 5.91 Å². The first-order valence-electron chi connectivity index (χ1n) is 7.99. The minimum absolute atomic E-state index is 0.00285. The molecule has 21 heavy (non-hydrogen) atoms. The van der Waals surface area contributed by atoms with Gasteiger partial charge >= 0.3 is 0 Å². The maximum atomic E-state index is 12.3. The van der Waals surface area contributed by atoms with Crippen molar-refractivity contribution < 1.29 is 4.79 Å². The lowest BCUT2D eigenvalue weighted by molar-refractivity contribution is 0.0915.